The van der Waals surface area contributed by atoms with Crippen LogP contribution in [0, 0.1) is 6.92 Å². The number of nitrogens with zero attached hydrogens (tertiary/aromatic N) is 1. The number of benzene rings is 2. The average molecular weight is 685 g/mol. The molecule has 1 aliphatic heterocycles. The molecule has 1 saturated carbocycles. The first-order valence-electron chi connectivity index (χ1n) is 17.9. The molecule has 2 aromatic carbocycles. The van der Waals surface area contributed by atoms with Gasteiger partial charge in [-0.3, -0.25) is 9.69 Å². The number of thioether (sulfide) groups is 1. The van der Waals surface area contributed by atoms with Gasteiger partial charge in [0.25, 0.3) is 5.91 Å². The van der Waals surface area contributed by atoms with Gasteiger partial charge in [-0.25, -0.2) is 4.79 Å². The minimum Gasteiger partial charge on any atom is -0.480 e. The maximum Gasteiger partial charge on any atom is 0.326 e. The summed E-state index contributed by atoms with van der Waals surface area (Å²) in [6, 6.07) is 13.3. The number of nitrogens with one attached hydrogen (secondary N) is 1. The highest BCUT2D eigenvalue weighted by molar-refractivity contribution is 7.98. The average Bonchev–Trinajstić information content (AvgIpc) is 3.44. The number of carboxylic acids is 1. The minimum absolute atomic E-state index is 0.207. The number of amides is 1. The van der Waals surface area contributed by atoms with Crippen LogP contribution in [-0.4, -0.2) is 91.2 Å². The van der Waals surface area contributed by atoms with E-state index in [0.29, 0.717) is 36.6 Å². The summed E-state index contributed by atoms with van der Waals surface area (Å²) >= 11 is 1.57. The van der Waals surface area contributed by atoms with Crippen LogP contribution in [0.15, 0.2) is 42.5 Å². The van der Waals surface area contributed by atoms with Gasteiger partial charge in [-0.15, -0.1) is 0 Å². The van der Waals surface area contributed by atoms with Gasteiger partial charge in [0.1, 0.15) is 6.04 Å². The van der Waals surface area contributed by atoms with E-state index in [4.69, 9.17) is 14.2 Å². The van der Waals surface area contributed by atoms with E-state index >= 15 is 0 Å². The molecule has 1 heterocycles. The Kier molecular flexibility index (Phi) is 18.0. The lowest BCUT2D eigenvalue weighted by Gasteiger charge is -2.26. The van der Waals surface area contributed by atoms with Crippen molar-refractivity contribution in [3.63, 3.8) is 0 Å². The van der Waals surface area contributed by atoms with Gasteiger partial charge in [0.2, 0.25) is 0 Å². The fourth-order valence-electron chi connectivity index (χ4n) is 6.79. The number of hydrogen-bond acceptors (Lipinski definition) is 7. The van der Waals surface area contributed by atoms with Gasteiger partial charge >= 0.3 is 5.97 Å². The Balaban J connectivity index is 0.000000694. The molecule has 1 amide bonds. The van der Waals surface area contributed by atoms with Gasteiger partial charge in [0.05, 0.1) is 24.9 Å². The van der Waals surface area contributed by atoms with Crippen LogP contribution in [0.5, 0.6) is 0 Å². The number of ether oxygens (including phenoxy) is 3. The Morgan fingerprint density at radius 3 is 2.44 bits per heavy atom. The van der Waals surface area contributed by atoms with Crippen molar-refractivity contribution in [1.82, 2.24) is 10.2 Å². The summed E-state index contributed by atoms with van der Waals surface area (Å²) in [4.78, 5) is 27.7. The molecule has 0 spiro atoms. The normalized spacial score (nSPS) is 19.7. The van der Waals surface area contributed by atoms with Crippen molar-refractivity contribution in [2.75, 3.05) is 38.9 Å². The fourth-order valence-corrected chi connectivity index (χ4v) is 7.26. The molecule has 2 fully saturated rings. The highest BCUT2D eigenvalue weighted by atomic mass is 32.2. The number of hydrogen-bond donors (Lipinski definition) is 2. The van der Waals surface area contributed by atoms with E-state index in [1.54, 1.807) is 18.9 Å². The predicted molar refractivity (Wildman–Crippen MR) is 197 cm³/mol. The molecule has 2 aromatic rings. The molecule has 1 aliphatic carbocycles. The molecule has 0 aromatic heterocycles. The molecular formula is C39H60N2O6S. The molecule has 1 saturated heterocycles. The summed E-state index contributed by atoms with van der Waals surface area (Å²) in [6.45, 7) is 11.5. The zero-order valence-electron chi connectivity index (χ0n) is 30.2. The van der Waals surface area contributed by atoms with Gasteiger partial charge in [0.15, 0.2) is 0 Å². The van der Waals surface area contributed by atoms with E-state index < -0.39 is 12.0 Å². The Hall–Kier alpha value is -2.43. The van der Waals surface area contributed by atoms with Crippen molar-refractivity contribution >= 4 is 23.6 Å². The van der Waals surface area contributed by atoms with E-state index in [2.05, 4.69) is 30.1 Å². The quantitative estimate of drug-likeness (QED) is 0.175. The first-order valence-corrected chi connectivity index (χ1v) is 19.3. The largest absolute Gasteiger partial charge is 0.480 e. The number of rotatable bonds is 17. The molecule has 0 radical (unpaired) electrons. The Morgan fingerprint density at radius 2 is 1.79 bits per heavy atom. The van der Waals surface area contributed by atoms with Gasteiger partial charge in [0, 0.05) is 38.4 Å². The molecule has 2 aliphatic rings. The third-order valence-electron chi connectivity index (χ3n) is 9.30. The first kappa shape index (κ1) is 40.0. The monoisotopic (exact) mass is 684 g/mol. The van der Waals surface area contributed by atoms with E-state index in [1.807, 2.05) is 56.5 Å². The summed E-state index contributed by atoms with van der Waals surface area (Å²) in [7, 11) is 1.75. The molecule has 8 nitrogen and oxygen atoms in total. The van der Waals surface area contributed by atoms with Crippen LogP contribution in [0.25, 0.3) is 11.1 Å². The van der Waals surface area contributed by atoms with E-state index in [-0.39, 0.29) is 18.1 Å². The maximum atomic E-state index is 13.4. The van der Waals surface area contributed by atoms with Gasteiger partial charge in [-0.2, -0.15) is 11.8 Å². The number of carbonyl (C=O) groups excluding carboxylic acids is 1. The second-order valence-corrected chi connectivity index (χ2v) is 14.2. The maximum absolute atomic E-state index is 13.4. The minimum atomic E-state index is -1.01. The second kappa shape index (κ2) is 21.6. The molecule has 48 heavy (non-hydrogen) atoms. The van der Waals surface area contributed by atoms with Crippen LogP contribution >= 0.6 is 11.8 Å². The molecule has 268 valence electrons. The summed E-state index contributed by atoms with van der Waals surface area (Å²) < 4.78 is 17.4. The number of methoxy groups -OCH3 is 1. The molecule has 4 unspecified atom stereocenters. The Morgan fingerprint density at radius 1 is 1.04 bits per heavy atom. The first-order chi connectivity index (χ1) is 23.2. The zero-order chi connectivity index (χ0) is 34.9. The SMILES string of the molecule is CCCC(C)OCC.COCC1CC(OC2CCCCC2)CN1Cc1ccc(C(=O)NC(CCSC)C(=O)O)c(-c2ccccc2C)c1. The van der Waals surface area contributed by atoms with Crippen molar-refractivity contribution in [3.05, 3.63) is 59.2 Å². The Labute approximate surface area is 293 Å². The second-order valence-electron chi connectivity index (χ2n) is 13.2. The van der Waals surface area contributed by atoms with Crippen LogP contribution in [-0.2, 0) is 25.5 Å². The van der Waals surface area contributed by atoms with Crippen LogP contribution < -0.4 is 5.32 Å². The van der Waals surface area contributed by atoms with Gasteiger partial charge in [-0.1, -0.05) is 62.9 Å². The van der Waals surface area contributed by atoms with E-state index in [9.17, 15) is 14.7 Å². The fraction of sp³-hybridized carbons (Fsp3) is 0.641. The lowest BCUT2D eigenvalue weighted by Crippen LogP contribution is -2.41. The van der Waals surface area contributed by atoms with Crippen LogP contribution in [0.2, 0.25) is 0 Å². The number of likely N-dealkylation sites (tertiary alicyclic amines) is 1. The topological polar surface area (TPSA) is 97.3 Å². The van der Waals surface area contributed by atoms with Crippen molar-refractivity contribution in [1.29, 1.82) is 0 Å². The van der Waals surface area contributed by atoms with Crippen molar-refractivity contribution < 1.29 is 28.9 Å². The molecule has 4 atom stereocenters. The molecular weight excluding hydrogens is 625 g/mol. The molecule has 0 bridgehead atoms. The van der Waals surface area contributed by atoms with Crippen molar-refractivity contribution in [2.45, 2.75) is 122 Å². The third kappa shape index (κ3) is 12.8. The van der Waals surface area contributed by atoms with Crippen LogP contribution in [0.3, 0.4) is 0 Å². The Bertz CT molecular complexity index is 1250. The predicted octanol–water partition coefficient (Wildman–Crippen LogP) is 7.75. The van der Waals surface area contributed by atoms with Crippen LogP contribution in [0.1, 0.15) is 100 Å². The number of aryl methyl sites for hydroxylation is 1. The van der Waals surface area contributed by atoms with E-state index in [1.165, 1.54) is 32.1 Å². The number of carboxylic acid groups (broad SMARTS) is 1. The molecule has 9 heteroatoms. The lowest BCUT2D eigenvalue weighted by atomic mass is 9.93. The number of aliphatic carboxylic acids is 1. The van der Waals surface area contributed by atoms with E-state index in [0.717, 1.165) is 61.2 Å². The zero-order valence-corrected chi connectivity index (χ0v) is 31.0. The standard InChI is InChI=1S/C32H44N2O5S.C7H16O/c1-22-9-7-8-12-27(22)29-17-23(13-14-28(29)31(35)33-30(32(36)37)15-16-40-3)19-34-20-26(18-24(34)21-38-2)39-25-10-5-4-6-11-25;1-4-6-7(3)8-5-2/h7-9,12-14,17,24-26,30H,4-6,10-11,15-16,18-21H2,1-3H3,(H,33,35)(H,36,37);7H,4-6H2,1-3H3. The smallest absolute Gasteiger partial charge is 0.326 e. The summed E-state index contributed by atoms with van der Waals surface area (Å²) in [5.41, 5.74) is 4.44. The van der Waals surface area contributed by atoms with Gasteiger partial charge < -0.3 is 24.6 Å². The highest BCUT2D eigenvalue weighted by Gasteiger charge is 2.34. The van der Waals surface area contributed by atoms with Crippen molar-refractivity contribution in [3.8, 4) is 11.1 Å². The third-order valence-corrected chi connectivity index (χ3v) is 9.94. The van der Waals surface area contributed by atoms with Crippen molar-refractivity contribution in [2.24, 2.45) is 0 Å². The van der Waals surface area contributed by atoms with Crippen LogP contribution in [0.4, 0.5) is 0 Å². The highest BCUT2D eigenvalue weighted by Crippen LogP contribution is 2.31. The summed E-state index contributed by atoms with van der Waals surface area (Å²) in [6.07, 6.45) is 12.9. The molecule has 2 N–H and O–H groups in total. The molecule has 4 rings (SSSR count). The lowest BCUT2D eigenvalue weighted by molar-refractivity contribution is -0.139. The van der Waals surface area contributed by atoms with Gasteiger partial charge in [-0.05, 0) is 99.3 Å². The summed E-state index contributed by atoms with van der Waals surface area (Å²) in [5, 5.41) is 12.4. The number of carbonyl (C=O) groups is 2. The summed E-state index contributed by atoms with van der Waals surface area (Å²) in [5.74, 6) is -0.720.